The Labute approximate surface area is 166 Å². The minimum absolute atomic E-state index is 0.0351. The van der Waals surface area contributed by atoms with E-state index in [1.54, 1.807) is 4.57 Å². The molecule has 0 unspecified atom stereocenters. The maximum atomic E-state index is 12.8. The van der Waals surface area contributed by atoms with Crippen LogP contribution in [0.25, 0.3) is 16.7 Å². The van der Waals surface area contributed by atoms with E-state index < -0.39 is 0 Å². The van der Waals surface area contributed by atoms with Gasteiger partial charge in [0, 0.05) is 12.1 Å². The van der Waals surface area contributed by atoms with Gasteiger partial charge in [0.25, 0.3) is 5.56 Å². The zero-order valence-electron chi connectivity index (χ0n) is 15.8. The van der Waals surface area contributed by atoms with E-state index in [9.17, 15) is 9.59 Å². The van der Waals surface area contributed by atoms with Crippen molar-refractivity contribution in [3.05, 3.63) is 70.0 Å². The summed E-state index contributed by atoms with van der Waals surface area (Å²) in [5, 5.41) is 9.76. The molecule has 0 fully saturated rings. The standard InChI is InChI=1S/C21H20N4O2S/c1-3-12-24-19(27)16-6-4-5-7-17(16)25-20(24)22-23-21(25)28-13-18(26)15-10-8-14(2)9-11-15/h4-11H,3,12-13H2,1-2H3. The largest absolute Gasteiger partial charge is 0.293 e. The SMILES string of the molecule is CCCn1c(=O)c2ccccc2n2c(SCC(=O)c3ccc(C)cc3)nnc12. The first-order chi connectivity index (χ1) is 13.6. The molecule has 4 aromatic rings. The van der Waals surface area contributed by atoms with Crippen molar-refractivity contribution in [1.82, 2.24) is 19.2 Å². The Balaban J connectivity index is 1.75. The predicted molar refractivity (Wildman–Crippen MR) is 111 cm³/mol. The van der Waals surface area contributed by atoms with Gasteiger partial charge in [-0.15, -0.1) is 10.2 Å². The number of rotatable bonds is 6. The number of ketones is 1. The van der Waals surface area contributed by atoms with Crippen LogP contribution in [0.3, 0.4) is 0 Å². The number of hydrogen-bond acceptors (Lipinski definition) is 5. The van der Waals surface area contributed by atoms with Crippen LogP contribution in [-0.4, -0.2) is 30.7 Å². The van der Waals surface area contributed by atoms with E-state index in [1.807, 2.05) is 66.8 Å². The van der Waals surface area contributed by atoms with Crippen molar-refractivity contribution in [1.29, 1.82) is 0 Å². The molecule has 2 heterocycles. The van der Waals surface area contributed by atoms with E-state index in [-0.39, 0.29) is 17.1 Å². The number of aryl methyl sites for hydroxylation is 2. The van der Waals surface area contributed by atoms with E-state index in [0.29, 0.717) is 28.4 Å². The molecule has 6 nitrogen and oxygen atoms in total. The summed E-state index contributed by atoms with van der Waals surface area (Å²) in [6.45, 7) is 4.58. The molecule has 0 amide bonds. The van der Waals surface area contributed by atoms with Gasteiger partial charge in [0.2, 0.25) is 5.78 Å². The van der Waals surface area contributed by atoms with Gasteiger partial charge in [0.1, 0.15) is 0 Å². The van der Waals surface area contributed by atoms with Gasteiger partial charge < -0.3 is 0 Å². The lowest BCUT2D eigenvalue weighted by atomic mass is 10.1. The number of benzene rings is 2. The molecule has 0 aliphatic rings. The highest BCUT2D eigenvalue weighted by Gasteiger charge is 2.17. The maximum absolute atomic E-state index is 12.8. The van der Waals surface area contributed by atoms with Crippen molar-refractivity contribution >= 4 is 34.2 Å². The summed E-state index contributed by atoms with van der Waals surface area (Å²) >= 11 is 1.34. The average Bonchev–Trinajstić information content (AvgIpc) is 3.14. The third kappa shape index (κ3) is 3.22. The number of nitrogens with zero attached hydrogens (tertiary/aromatic N) is 4. The van der Waals surface area contributed by atoms with E-state index in [4.69, 9.17) is 0 Å². The Morgan fingerprint density at radius 3 is 2.57 bits per heavy atom. The molecule has 0 atom stereocenters. The number of aromatic nitrogens is 4. The molecule has 28 heavy (non-hydrogen) atoms. The Morgan fingerprint density at radius 1 is 1.07 bits per heavy atom. The Bertz CT molecular complexity index is 1230. The molecule has 0 N–H and O–H groups in total. The fourth-order valence-corrected chi connectivity index (χ4v) is 4.04. The molecule has 0 radical (unpaired) electrons. The van der Waals surface area contributed by atoms with Gasteiger partial charge in [-0.2, -0.15) is 0 Å². The summed E-state index contributed by atoms with van der Waals surface area (Å²) in [7, 11) is 0. The Morgan fingerprint density at radius 2 is 1.82 bits per heavy atom. The van der Waals surface area contributed by atoms with Crippen molar-refractivity contribution in [3.8, 4) is 0 Å². The van der Waals surface area contributed by atoms with Gasteiger partial charge in [-0.05, 0) is 25.5 Å². The molecule has 0 saturated carbocycles. The molecule has 2 aromatic carbocycles. The Kier molecular flexibility index (Phi) is 5.00. The summed E-state index contributed by atoms with van der Waals surface area (Å²) in [5.41, 5.74) is 2.49. The summed E-state index contributed by atoms with van der Waals surface area (Å²) in [6, 6.07) is 15.0. The highest BCUT2D eigenvalue weighted by atomic mass is 32.2. The third-order valence-electron chi connectivity index (χ3n) is 4.63. The van der Waals surface area contributed by atoms with Crippen molar-refractivity contribution in [2.45, 2.75) is 32.0 Å². The number of hydrogen-bond donors (Lipinski definition) is 0. The first kappa shape index (κ1) is 18.4. The van der Waals surface area contributed by atoms with Crippen molar-refractivity contribution in [3.63, 3.8) is 0 Å². The zero-order chi connectivity index (χ0) is 19.7. The first-order valence-corrected chi connectivity index (χ1v) is 10.2. The van der Waals surface area contributed by atoms with Crippen LogP contribution < -0.4 is 5.56 Å². The van der Waals surface area contributed by atoms with Crippen LogP contribution in [0, 0.1) is 6.92 Å². The number of carbonyl (C=O) groups excluding carboxylic acids is 1. The average molecular weight is 392 g/mol. The molecule has 0 aliphatic carbocycles. The summed E-state index contributed by atoms with van der Waals surface area (Å²) in [4.78, 5) is 25.4. The smallest absolute Gasteiger partial charge is 0.262 e. The van der Waals surface area contributed by atoms with Gasteiger partial charge >= 0.3 is 0 Å². The van der Waals surface area contributed by atoms with Crippen LogP contribution in [0.4, 0.5) is 0 Å². The minimum atomic E-state index is -0.0652. The lowest BCUT2D eigenvalue weighted by Gasteiger charge is -2.10. The van der Waals surface area contributed by atoms with E-state index in [2.05, 4.69) is 10.2 Å². The quantitative estimate of drug-likeness (QED) is 0.369. The molecule has 0 bridgehead atoms. The number of fused-ring (bicyclic) bond motifs is 3. The van der Waals surface area contributed by atoms with E-state index in [1.165, 1.54) is 11.8 Å². The van der Waals surface area contributed by atoms with E-state index in [0.717, 1.165) is 17.5 Å². The summed E-state index contributed by atoms with van der Waals surface area (Å²) in [5.74, 6) is 0.800. The van der Waals surface area contributed by atoms with Gasteiger partial charge in [0.05, 0.1) is 16.7 Å². The second-order valence-electron chi connectivity index (χ2n) is 6.67. The number of carbonyl (C=O) groups is 1. The van der Waals surface area contributed by atoms with Crippen LogP contribution in [0.1, 0.15) is 29.3 Å². The molecule has 0 spiro atoms. The van der Waals surface area contributed by atoms with Crippen molar-refractivity contribution < 1.29 is 4.79 Å². The molecule has 2 aromatic heterocycles. The molecular formula is C21H20N4O2S. The fraction of sp³-hybridized carbons (Fsp3) is 0.238. The molecule has 7 heteroatoms. The molecular weight excluding hydrogens is 372 g/mol. The second-order valence-corrected chi connectivity index (χ2v) is 7.61. The van der Waals surface area contributed by atoms with Crippen LogP contribution >= 0.6 is 11.8 Å². The fourth-order valence-electron chi connectivity index (χ4n) is 3.21. The van der Waals surface area contributed by atoms with Gasteiger partial charge in [-0.1, -0.05) is 60.6 Å². The monoisotopic (exact) mass is 392 g/mol. The van der Waals surface area contributed by atoms with Gasteiger partial charge in [-0.25, -0.2) is 0 Å². The summed E-state index contributed by atoms with van der Waals surface area (Å²) < 4.78 is 3.53. The first-order valence-electron chi connectivity index (χ1n) is 9.19. The highest BCUT2D eigenvalue weighted by molar-refractivity contribution is 7.99. The van der Waals surface area contributed by atoms with Gasteiger partial charge in [0.15, 0.2) is 10.9 Å². The second kappa shape index (κ2) is 7.59. The Hall–Kier alpha value is -2.93. The summed E-state index contributed by atoms with van der Waals surface area (Å²) in [6.07, 6.45) is 0.815. The predicted octanol–water partition coefficient (Wildman–Crippen LogP) is 3.74. The van der Waals surface area contributed by atoms with Crippen LogP contribution in [0.2, 0.25) is 0 Å². The number of Topliss-reactive ketones (excluding diaryl/α,β-unsaturated/α-hetero) is 1. The number of para-hydroxylation sites is 1. The molecule has 0 aliphatic heterocycles. The third-order valence-corrected chi connectivity index (χ3v) is 5.56. The lowest BCUT2D eigenvalue weighted by Crippen LogP contribution is -2.23. The highest BCUT2D eigenvalue weighted by Crippen LogP contribution is 2.22. The zero-order valence-corrected chi connectivity index (χ0v) is 16.6. The normalized spacial score (nSPS) is 11.4. The van der Waals surface area contributed by atoms with Crippen molar-refractivity contribution in [2.75, 3.05) is 5.75 Å². The van der Waals surface area contributed by atoms with Crippen LogP contribution in [-0.2, 0) is 6.54 Å². The van der Waals surface area contributed by atoms with Crippen LogP contribution in [0.5, 0.6) is 0 Å². The minimum Gasteiger partial charge on any atom is -0.293 e. The maximum Gasteiger partial charge on any atom is 0.262 e. The lowest BCUT2D eigenvalue weighted by molar-refractivity contribution is 0.102. The topological polar surface area (TPSA) is 69.3 Å². The van der Waals surface area contributed by atoms with Crippen LogP contribution in [0.15, 0.2) is 58.5 Å². The van der Waals surface area contributed by atoms with Crippen molar-refractivity contribution in [2.24, 2.45) is 0 Å². The molecule has 142 valence electrons. The number of thioether (sulfide) groups is 1. The van der Waals surface area contributed by atoms with E-state index >= 15 is 0 Å². The molecule has 4 rings (SSSR count). The van der Waals surface area contributed by atoms with Gasteiger partial charge in [-0.3, -0.25) is 18.6 Å². The molecule has 0 saturated heterocycles.